The molecule has 1 N–H and O–H groups in total. The second kappa shape index (κ2) is 5.34. The summed E-state index contributed by atoms with van der Waals surface area (Å²) in [6.07, 6.45) is 6.93. The van der Waals surface area contributed by atoms with Crippen molar-refractivity contribution >= 4 is 0 Å². The largest absolute Gasteiger partial charge is 0.390 e. The molecule has 15 heavy (non-hydrogen) atoms. The Hall–Kier alpha value is -0.0400. The molecule has 0 aromatic carbocycles. The highest BCUT2D eigenvalue weighted by atomic mass is 16.3. The molecule has 1 fully saturated rings. The van der Waals surface area contributed by atoms with Gasteiger partial charge in [0.2, 0.25) is 0 Å². The van der Waals surface area contributed by atoms with Gasteiger partial charge >= 0.3 is 0 Å². The third-order valence-electron chi connectivity index (χ3n) is 4.13. The Kier molecular flexibility index (Phi) is 4.64. The van der Waals surface area contributed by atoms with E-state index in [1.165, 1.54) is 25.7 Å². The highest BCUT2D eigenvalue weighted by Gasteiger charge is 2.41. The van der Waals surface area contributed by atoms with E-state index >= 15 is 0 Å². The van der Waals surface area contributed by atoms with Gasteiger partial charge in [-0.1, -0.05) is 47.0 Å². The van der Waals surface area contributed by atoms with E-state index < -0.39 is 0 Å². The summed E-state index contributed by atoms with van der Waals surface area (Å²) < 4.78 is 0. The van der Waals surface area contributed by atoms with Crippen molar-refractivity contribution in [2.45, 2.75) is 71.8 Å². The molecule has 0 aromatic rings. The summed E-state index contributed by atoms with van der Waals surface area (Å²) in [4.78, 5) is 0. The van der Waals surface area contributed by atoms with Crippen LogP contribution in [0, 0.1) is 17.8 Å². The molecule has 0 aliphatic heterocycles. The van der Waals surface area contributed by atoms with Crippen LogP contribution in [0.15, 0.2) is 0 Å². The summed E-state index contributed by atoms with van der Waals surface area (Å²) in [7, 11) is 0. The zero-order chi connectivity index (χ0) is 11.5. The average molecular weight is 212 g/mol. The molecule has 0 saturated heterocycles. The van der Waals surface area contributed by atoms with Crippen LogP contribution in [-0.2, 0) is 0 Å². The zero-order valence-corrected chi connectivity index (χ0v) is 10.9. The van der Waals surface area contributed by atoms with Gasteiger partial charge in [-0.25, -0.2) is 0 Å². The predicted molar refractivity (Wildman–Crippen MR) is 65.8 cm³/mol. The fourth-order valence-electron chi connectivity index (χ4n) is 3.31. The molecular weight excluding hydrogens is 184 g/mol. The average Bonchev–Trinajstić information content (AvgIpc) is 2.14. The Morgan fingerprint density at radius 3 is 2.53 bits per heavy atom. The number of unbranched alkanes of at least 4 members (excludes halogenated alkanes) is 1. The van der Waals surface area contributed by atoms with Crippen molar-refractivity contribution in [2.24, 2.45) is 17.8 Å². The van der Waals surface area contributed by atoms with E-state index in [2.05, 4.69) is 27.7 Å². The first-order valence-electron chi connectivity index (χ1n) is 6.72. The maximum Gasteiger partial charge on any atom is 0.0680 e. The highest BCUT2D eigenvalue weighted by Crippen LogP contribution is 2.43. The van der Waals surface area contributed by atoms with Gasteiger partial charge in [0.05, 0.1) is 5.60 Å². The van der Waals surface area contributed by atoms with Gasteiger partial charge in [-0.2, -0.15) is 0 Å². The van der Waals surface area contributed by atoms with E-state index in [1.807, 2.05) is 0 Å². The molecular formula is C14H28O. The number of hydrogen-bond donors (Lipinski definition) is 1. The van der Waals surface area contributed by atoms with Crippen molar-refractivity contribution in [3.63, 3.8) is 0 Å². The Bertz CT molecular complexity index is 188. The normalized spacial score (nSPS) is 37.2. The van der Waals surface area contributed by atoms with E-state index in [4.69, 9.17) is 0 Å². The minimum atomic E-state index is -0.359. The van der Waals surface area contributed by atoms with Crippen LogP contribution in [0.3, 0.4) is 0 Å². The summed E-state index contributed by atoms with van der Waals surface area (Å²) in [6.45, 7) is 9.02. The van der Waals surface area contributed by atoms with Crippen LogP contribution in [0.25, 0.3) is 0 Å². The van der Waals surface area contributed by atoms with Crippen LogP contribution in [-0.4, -0.2) is 10.7 Å². The summed E-state index contributed by atoms with van der Waals surface area (Å²) in [5.41, 5.74) is -0.359. The van der Waals surface area contributed by atoms with Crippen molar-refractivity contribution in [1.29, 1.82) is 0 Å². The molecule has 1 heteroatoms. The first-order chi connectivity index (χ1) is 6.99. The molecule has 1 rings (SSSR count). The maximum atomic E-state index is 10.8. The van der Waals surface area contributed by atoms with Crippen LogP contribution >= 0.6 is 0 Å². The molecule has 0 bridgehead atoms. The van der Waals surface area contributed by atoms with Gasteiger partial charge in [0.1, 0.15) is 0 Å². The van der Waals surface area contributed by atoms with E-state index in [0.717, 1.165) is 12.8 Å². The van der Waals surface area contributed by atoms with Crippen LogP contribution in [0.5, 0.6) is 0 Å². The summed E-state index contributed by atoms with van der Waals surface area (Å²) in [5.74, 6) is 1.86. The highest BCUT2D eigenvalue weighted by molar-refractivity contribution is 4.93. The van der Waals surface area contributed by atoms with Crippen molar-refractivity contribution in [3.05, 3.63) is 0 Å². The van der Waals surface area contributed by atoms with Crippen molar-refractivity contribution in [2.75, 3.05) is 0 Å². The fourth-order valence-corrected chi connectivity index (χ4v) is 3.31. The second-order valence-electron chi connectivity index (χ2n) is 5.94. The smallest absolute Gasteiger partial charge is 0.0680 e. The first kappa shape index (κ1) is 13.0. The van der Waals surface area contributed by atoms with Gasteiger partial charge in [0, 0.05) is 0 Å². The maximum absolute atomic E-state index is 10.8. The van der Waals surface area contributed by atoms with E-state index in [1.54, 1.807) is 0 Å². The quantitative estimate of drug-likeness (QED) is 0.747. The molecule has 0 spiro atoms. The third-order valence-corrected chi connectivity index (χ3v) is 4.13. The predicted octanol–water partition coefficient (Wildman–Crippen LogP) is 4.00. The van der Waals surface area contributed by atoms with Crippen molar-refractivity contribution in [3.8, 4) is 0 Å². The number of hydrogen-bond acceptors (Lipinski definition) is 1. The van der Waals surface area contributed by atoms with Gasteiger partial charge in [-0.15, -0.1) is 0 Å². The molecule has 3 atom stereocenters. The molecule has 0 amide bonds. The van der Waals surface area contributed by atoms with Gasteiger partial charge < -0.3 is 5.11 Å². The lowest BCUT2D eigenvalue weighted by atomic mass is 9.65. The van der Waals surface area contributed by atoms with Crippen LogP contribution < -0.4 is 0 Å². The Morgan fingerprint density at radius 1 is 1.33 bits per heavy atom. The minimum absolute atomic E-state index is 0.359. The summed E-state index contributed by atoms with van der Waals surface area (Å²) in [6, 6.07) is 0. The summed E-state index contributed by atoms with van der Waals surface area (Å²) in [5, 5.41) is 10.8. The second-order valence-corrected chi connectivity index (χ2v) is 5.94. The standard InChI is InChI=1S/C14H28O/c1-5-6-9-14(15)10-12(4)7-8-13(14)11(2)3/h11-13,15H,5-10H2,1-4H3/t12-,13+,14+/m1/s1. The SMILES string of the molecule is CCCC[C@]1(O)C[C@H](C)CC[C@H]1C(C)C. The summed E-state index contributed by atoms with van der Waals surface area (Å²) >= 11 is 0. The van der Waals surface area contributed by atoms with Gasteiger partial charge in [0.25, 0.3) is 0 Å². The Balaban J connectivity index is 2.67. The van der Waals surface area contributed by atoms with Crippen LogP contribution in [0.2, 0.25) is 0 Å². The molecule has 1 saturated carbocycles. The topological polar surface area (TPSA) is 20.2 Å². The lowest BCUT2D eigenvalue weighted by molar-refractivity contribution is -0.0869. The molecule has 0 unspecified atom stereocenters. The Labute approximate surface area is 95.3 Å². The van der Waals surface area contributed by atoms with Crippen molar-refractivity contribution < 1.29 is 5.11 Å². The monoisotopic (exact) mass is 212 g/mol. The first-order valence-corrected chi connectivity index (χ1v) is 6.72. The van der Waals surface area contributed by atoms with Gasteiger partial charge in [-0.05, 0) is 37.0 Å². The Morgan fingerprint density at radius 2 is 2.00 bits per heavy atom. The van der Waals surface area contributed by atoms with E-state index in [0.29, 0.717) is 17.8 Å². The van der Waals surface area contributed by atoms with E-state index in [9.17, 15) is 5.11 Å². The molecule has 0 aromatic heterocycles. The molecule has 0 heterocycles. The molecule has 90 valence electrons. The van der Waals surface area contributed by atoms with Crippen LogP contribution in [0.1, 0.15) is 66.2 Å². The van der Waals surface area contributed by atoms with Gasteiger partial charge in [-0.3, -0.25) is 0 Å². The lowest BCUT2D eigenvalue weighted by Crippen LogP contribution is -2.45. The van der Waals surface area contributed by atoms with Crippen LogP contribution in [0.4, 0.5) is 0 Å². The zero-order valence-electron chi connectivity index (χ0n) is 10.9. The molecule has 0 radical (unpaired) electrons. The van der Waals surface area contributed by atoms with Gasteiger partial charge in [0.15, 0.2) is 0 Å². The molecule has 1 aliphatic rings. The molecule has 1 aliphatic carbocycles. The fraction of sp³-hybridized carbons (Fsp3) is 1.00. The molecule has 1 nitrogen and oxygen atoms in total. The van der Waals surface area contributed by atoms with E-state index in [-0.39, 0.29) is 5.60 Å². The minimum Gasteiger partial charge on any atom is -0.390 e. The number of aliphatic hydroxyl groups is 1. The van der Waals surface area contributed by atoms with Crippen molar-refractivity contribution in [1.82, 2.24) is 0 Å². The lowest BCUT2D eigenvalue weighted by Gasteiger charge is -2.45. The third kappa shape index (κ3) is 3.21. The number of rotatable bonds is 4.